The number of phenols is 1. The van der Waals surface area contributed by atoms with Gasteiger partial charge in [-0.2, -0.15) is 0 Å². The van der Waals surface area contributed by atoms with Crippen molar-refractivity contribution in [2.24, 2.45) is 0 Å². The van der Waals surface area contributed by atoms with Gasteiger partial charge in [-0.1, -0.05) is 59.6 Å². The van der Waals surface area contributed by atoms with Crippen LogP contribution in [0.4, 0.5) is 0 Å². The molecule has 54 heavy (non-hydrogen) atoms. The highest BCUT2D eigenvalue weighted by Gasteiger charge is 2.22. The molecule has 1 aromatic carbocycles. The largest absolute Gasteiger partial charge is 0.506 e. The Bertz CT molecular complexity index is 1790. The smallest absolute Gasteiger partial charge is 0.303 e. The Labute approximate surface area is 332 Å². The molecule has 0 bridgehead atoms. The number of H-pyrrole nitrogens is 1. The van der Waals surface area contributed by atoms with Crippen molar-refractivity contribution in [3.05, 3.63) is 47.4 Å². The van der Waals surface area contributed by atoms with E-state index in [1.165, 1.54) is 26.2 Å². The molecule has 3 N–H and O–H groups in total. The Morgan fingerprint density at radius 2 is 1.67 bits per heavy atom. The molecule has 0 aliphatic rings. The van der Waals surface area contributed by atoms with Crippen molar-refractivity contribution in [3.63, 3.8) is 0 Å². The number of carbonyl (C=O) groups is 2. The monoisotopic (exact) mass is 786 g/mol. The van der Waals surface area contributed by atoms with Crippen LogP contribution in [0.2, 0.25) is 0 Å². The molecule has 0 saturated heterocycles. The van der Waals surface area contributed by atoms with Crippen molar-refractivity contribution < 1.29 is 28.9 Å². The van der Waals surface area contributed by atoms with Gasteiger partial charge in [0.15, 0.2) is 0 Å². The molecular formula is C42H66N4O6S2. The molecule has 0 aliphatic heterocycles. The molecule has 0 atom stereocenters. The van der Waals surface area contributed by atoms with E-state index >= 15 is 0 Å². The first kappa shape index (κ1) is 48.1. The van der Waals surface area contributed by atoms with Crippen LogP contribution < -0.4 is 10.1 Å². The van der Waals surface area contributed by atoms with Gasteiger partial charge in [-0.25, -0.2) is 4.98 Å². The van der Waals surface area contributed by atoms with Gasteiger partial charge in [-0.3, -0.25) is 14.5 Å². The Kier molecular flexibility index (Phi) is 20.6. The van der Waals surface area contributed by atoms with Crippen LogP contribution in [0.15, 0.2) is 36.7 Å². The highest BCUT2D eigenvalue weighted by atomic mass is 32.1. The number of esters is 1. The van der Waals surface area contributed by atoms with Crippen molar-refractivity contribution in [1.82, 2.24) is 20.2 Å². The summed E-state index contributed by atoms with van der Waals surface area (Å²) in [6.07, 6.45) is 9.93. The number of benzene rings is 1. The van der Waals surface area contributed by atoms with Gasteiger partial charge in [0.1, 0.15) is 28.5 Å². The second-order valence-corrected chi connectivity index (χ2v) is 16.8. The van der Waals surface area contributed by atoms with Crippen LogP contribution in [0.1, 0.15) is 126 Å². The molecule has 0 saturated carbocycles. The first-order chi connectivity index (χ1) is 25.3. The summed E-state index contributed by atoms with van der Waals surface area (Å²) in [5.41, 5.74) is 2.24. The zero-order valence-electron chi connectivity index (χ0n) is 35.2. The second-order valence-electron chi connectivity index (χ2n) is 14.7. The lowest BCUT2D eigenvalue weighted by molar-refractivity contribution is -0.152. The minimum Gasteiger partial charge on any atom is -0.506 e. The molecule has 0 unspecified atom stereocenters. The lowest BCUT2D eigenvalue weighted by Crippen LogP contribution is -2.21. The van der Waals surface area contributed by atoms with Gasteiger partial charge in [0.25, 0.3) is 6.47 Å². The molecule has 3 aromatic heterocycles. The van der Waals surface area contributed by atoms with E-state index in [1.54, 1.807) is 29.8 Å². The molecule has 12 heteroatoms. The average molecular weight is 787 g/mol. The van der Waals surface area contributed by atoms with Gasteiger partial charge in [0, 0.05) is 23.4 Å². The van der Waals surface area contributed by atoms with E-state index in [9.17, 15) is 14.7 Å². The Morgan fingerprint density at radius 1 is 1.02 bits per heavy atom. The van der Waals surface area contributed by atoms with Gasteiger partial charge in [-0.05, 0) is 87.0 Å². The number of phenolic OH excluding ortho intramolecular Hbond substituents is 1. The molecule has 0 fully saturated rings. The molecular weight excluding hydrogens is 721 g/mol. The summed E-state index contributed by atoms with van der Waals surface area (Å²) >= 11 is 3.15. The van der Waals surface area contributed by atoms with Crippen LogP contribution in [0.25, 0.3) is 36.4 Å². The zero-order valence-corrected chi connectivity index (χ0v) is 36.9. The minimum absolute atomic E-state index is 0.225. The third-order valence-corrected chi connectivity index (χ3v) is 9.70. The number of unbranched alkanes of at least 4 members (excludes halogenated alkanes) is 2. The summed E-state index contributed by atoms with van der Waals surface area (Å²) in [6.45, 7) is 29.4. The second kappa shape index (κ2) is 23.1. The van der Waals surface area contributed by atoms with Crippen LogP contribution in [0.3, 0.4) is 0 Å². The van der Waals surface area contributed by atoms with Crippen molar-refractivity contribution in [2.45, 2.75) is 133 Å². The molecule has 0 radical (unpaired) electrons. The van der Waals surface area contributed by atoms with E-state index in [1.807, 2.05) is 66.8 Å². The number of aromatic hydroxyl groups is 1. The lowest BCUT2D eigenvalue weighted by Gasteiger charge is -2.17. The molecule has 4 rings (SSSR count). The molecule has 0 spiro atoms. The third-order valence-electron chi connectivity index (χ3n) is 7.36. The Balaban J connectivity index is 0.000000597. The van der Waals surface area contributed by atoms with E-state index in [0.29, 0.717) is 6.47 Å². The summed E-state index contributed by atoms with van der Waals surface area (Å²) in [4.78, 5) is 32.1. The summed E-state index contributed by atoms with van der Waals surface area (Å²) in [6, 6.07) is 4.11. The standard InChI is InChI=1S/C26H32N4O2S2.C6H12O2.C5H10O2.C5H12/c1-7-10-30(5)14-22-27-13-19(29-22)21-12-17-24(32-6)26-16(23(31)25(17)33-21)11-20(34-26)18(9-3)28-15(4)8-2;1-5(7)8-6(2,3)4;1-5(2,3)7-4-6;1-3-5-4-2/h9,11-13,28,31H,4,7-8,10,14H2,1-3,5-6H3,(H,27,29);1-4H3;4H,1-3H3;3-5H2,1-2H3/b18-9-;;;. The summed E-state index contributed by atoms with van der Waals surface area (Å²) in [5, 5.41) is 16.3. The number of nitrogens with zero attached hydrogens (tertiary/aromatic N) is 2. The number of hydrogen-bond acceptors (Lipinski definition) is 11. The third kappa shape index (κ3) is 16.2. The first-order valence-corrected chi connectivity index (χ1v) is 20.3. The van der Waals surface area contributed by atoms with E-state index < -0.39 is 0 Å². The lowest BCUT2D eigenvalue weighted by atomic mass is 10.1. The zero-order chi connectivity index (χ0) is 41.2. The number of thiophene rings is 2. The van der Waals surface area contributed by atoms with Gasteiger partial charge in [0.2, 0.25) is 0 Å². The van der Waals surface area contributed by atoms with Crippen molar-refractivity contribution >= 4 is 61.0 Å². The predicted octanol–water partition coefficient (Wildman–Crippen LogP) is 11.4. The fourth-order valence-corrected chi connectivity index (χ4v) is 7.26. The molecule has 0 aliphatic carbocycles. The van der Waals surface area contributed by atoms with E-state index in [0.717, 1.165) is 84.5 Å². The maximum absolute atomic E-state index is 11.2. The number of rotatable bonds is 13. The number of imidazole rings is 1. The van der Waals surface area contributed by atoms with Gasteiger partial charge < -0.3 is 29.6 Å². The van der Waals surface area contributed by atoms with Crippen LogP contribution in [-0.2, 0) is 25.6 Å². The normalized spacial score (nSPS) is 11.5. The van der Waals surface area contributed by atoms with Crippen LogP contribution in [0, 0.1) is 0 Å². The maximum atomic E-state index is 11.2. The van der Waals surface area contributed by atoms with E-state index in [4.69, 9.17) is 9.47 Å². The van der Waals surface area contributed by atoms with Gasteiger partial charge in [0.05, 0.1) is 50.4 Å². The summed E-state index contributed by atoms with van der Waals surface area (Å²) in [7, 11) is 3.79. The topological polar surface area (TPSA) is 126 Å². The van der Waals surface area contributed by atoms with E-state index in [-0.39, 0.29) is 22.9 Å². The van der Waals surface area contributed by atoms with E-state index in [2.05, 4.69) is 72.3 Å². The predicted molar refractivity (Wildman–Crippen MR) is 229 cm³/mol. The van der Waals surface area contributed by atoms with Crippen molar-refractivity contribution in [1.29, 1.82) is 0 Å². The molecule has 10 nitrogen and oxygen atoms in total. The molecule has 4 aromatic rings. The minimum atomic E-state index is -0.328. The fourth-order valence-electron chi connectivity index (χ4n) is 4.95. The highest BCUT2D eigenvalue weighted by Crippen LogP contribution is 2.51. The fraction of sp³-hybridized carbons (Fsp3) is 0.548. The number of fused-ring (bicyclic) bond motifs is 2. The summed E-state index contributed by atoms with van der Waals surface area (Å²) in [5.74, 6) is 1.79. The first-order valence-electron chi connectivity index (χ1n) is 18.7. The average Bonchev–Trinajstić information content (AvgIpc) is 3.83. The SMILES string of the molecule is C=C(CC)N/C(=C\C)c1cc2c(O)c3sc(-c4cnc(CN(C)CCC)[nH]4)cc3c(OC)c2s1.CC(=O)OC(C)(C)C.CC(C)(C)OC=O.CCCCC. The van der Waals surface area contributed by atoms with Crippen molar-refractivity contribution in [3.8, 4) is 22.1 Å². The quantitative estimate of drug-likeness (QED) is 0.0896. The van der Waals surface area contributed by atoms with Gasteiger partial charge in [-0.15, -0.1) is 22.7 Å². The van der Waals surface area contributed by atoms with Crippen LogP contribution in [-0.4, -0.2) is 64.3 Å². The van der Waals surface area contributed by atoms with Crippen LogP contribution >= 0.6 is 22.7 Å². The number of methoxy groups -OCH3 is 1. The number of allylic oxidation sites excluding steroid dienone is 2. The summed E-state index contributed by atoms with van der Waals surface area (Å²) < 4.78 is 17.0. The molecule has 0 amide bonds. The number of hydrogen-bond donors (Lipinski definition) is 3. The molecule has 302 valence electrons. The molecule has 3 heterocycles. The number of carbonyl (C=O) groups excluding carboxylic acids is 2. The maximum Gasteiger partial charge on any atom is 0.303 e. The number of aromatic amines is 1. The Morgan fingerprint density at radius 3 is 2.09 bits per heavy atom. The number of aromatic nitrogens is 2. The number of nitrogens with one attached hydrogen (secondary N) is 2. The Hall–Kier alpha value is -3.87. The van der Waals surface area contributed by atoms with Crippen LogP contribution in [0.5, 0.6) is 11.5 Å². The van der Waals surface area contributed by atoms with Crippen molar-refractivity contribution in [2.75, 3.05) is 20.7 Å². The number of ether oxygens (including phenoxy) is 3. The van der Waals surface area contributed by atoms with Gasteiger partial charge >= 0.3 is 5.97 Å². The highest BCUT2D eigenvalue weighted by molar-refractivity contribution is 7.23.